The highest BCUT2D eigenvalue weighted by atomic mass is 32.2. The molecule has 0 atom stereocenters. The van der Waals surface area contributed by atoms with Gasteiger partial charge >= 0.3 is 0 Å². The summed E-state index contributed by atoms with van der Waals surface area (Å²) in [5.41, 5.74) is 17.9. The van der Waals surface area contributed by atoms with Gasteiger partial charge in [0.2, 0.25) is 0 Å². The van der Waals surface area contributed by atoms with E-state index in [1.54, 1.807) is 11.8 Å². The maximum absolute atomic E-state index is 9.63. The summed E-state index contributed by atoms with van der Waals surface area (Å²) in [4.78, 5) is 6.28. The fraction of sp³-hybridized carbons (Fsp3) is 0.0714. The molecule has 1 N–H and O–H groups in total. The Morgan fingerprint density at radius 1 is 0.441 bits per heavy atom. The number of allylic oxidation sites excluding steroid dienone is 1. The van der Waals surface area contributed by atoms with Gasteiger partial charge in [0.25, 0.3) is 0 Å². The van der Waals surface area contributed by atoms with Crippen LogP contribution in [0, 0.1) is 5.41 Å². The molecule has 59 heavy (non-hydrogen) atoms. The Hall–Kier alpha value is -6.81. The summed E-state index contributed by atoms with van der Waals surface area (Å²) in [6, 6.07) is 72.8. The molecule has 0 aliphatic carbocycles. The predicted octanol–water partition coefficient (Wildman–Crippen LogP) is 15.2. The zero-order valence-corrected chi connectivity index (χ0v) is 34.5. The smallest absolute Gasteiger partial charge is 0.0863 e. The number of thioether (sulfide) groups is 1. The molecule has 0 radical (unpaired) electrons. The quantitative estimate of drug-likeness (QED) is 0.123. The van der Waals surface area contributed by atoms with Crippen molar-refractivity contribution in [3.05, 3.63) is 233 Å². The Kier molecular flexibility index (Phi) is 12.0. The van der Waals surface area contributed by atoms with E-state index in [0.29, 0.717) is 5.71 Å². The molecule has 0 spiro atoms. The number of nitrogens with zero attached hydrogens (tertiary/aromatic N) is 1. The number of nitrogens with one attached hydrogen (secondary N) is 1. The molecule has 0 heterocycles. The highest BCUT2D eigenvalue weighted by molar-refractivity contribution is 8.03. The van der Waals surface area contributed by atoms with Crippen molar-refractivity contribution in [2.75, 3.05) is 6.26 Å². The van der Waals surface area contributed by atoms with E-state index in [-0.39, 0.29) is 0 Å². The van der Waals surface area contributed by atoms with Crippen molar-refractivity contribution in [1.82, 2.24) is 0 Å². The lowest BCUT2D eigenvalue weighted by Gasteiger charge is -2.16. The van der Waals surface area contributed by atoms with Crippen molar-refractivity contribution in [2.24, 2.45) is 4.99 Å². The summed E-state index contributed by atoms with van der Waals surface area (Å²) >= 11 is 1.58. The molecule has 0 amide bonds. The molecule has 3 heteroatoms. The Bertz CT molecular complexity index is 2780. The van der Waals surface area contributed by atoms with Crippen molar-refractivity contribution < 1.29 is 0 Å². The monoisotopic (exact) mass is 778 g/mol. The van der Waals surface area contributed by atoms with E-state index in [1.807, 2.05) is 12.1 Å². The number of aliphatic imine (C=N–C) groups is 1. The Balaban J connectivity index is 1.16. The van der Waals surface area contributed by atoms with Crippen LogP contribution in [0.5, 0.6) is 0 Å². The summed E-state index contributed by atoms with van der Waals surface area (Å²) in [5.74, 6) is 0. The summed E-state index contributed by atoms with van der Waals surface area (Å²) < 4.78 is 0. The molecule has 0 aliphatic rings. The number of benzene rings is 8. The predicted molar refractivity (Wildman–Crippen MR) is 255 cm³/mol. The third-order valence-electron chi connectivity index (χ3n) is 10.9. The van der Waals surface area contributed by atoms with Crippen LogP contribution in [0.15, 0.2) is 216 Å². The summed E-state index contributed by atoms with van der Waals surface area (Å²) in [7, 11) is 0. The molecule has 286 valence electrons. The van der Waals surface area contributed by atoms with Gasteiger partial charge in [-0.3, -0.25) is 10.4 Å². The van der Waals surface area contributed by atoms with Crippen molar-refractivity contribution in [2.45, 2.75) is 20.3 Å². The molecule has 2 nitrogen and oxygen atoms in total. The first-order valence-corrected chi connectivity index (χ1v) is 21.4. The minimum absolute atomic E-state index is 0.487. The molecule has 0 fully saturated rings. The highest BCUT2D eigenvalue weighted by Crippen LogP contribution is 2.35. The lowest BCUT2D eigenvalue weighted by Crippen LogP contribution is -2.08. The molecule has 0 unspecified atom stereocenters. The Labute approximate surface area is 353 Å². The zero-order chi connectivity index (χ0) is 40.6. The third kappa shape index (κ3) is 8.87. The molecular formula is C56H46N2S. The number of rotatable bonds is 12. The molecule has 0 aliphatic heterocycles. The summed E-state index contributed by atoms with van der Waals surface area (Å²) in [5, 5.41) is 9.63. The van der Waals surface area contributed by atoms with Gasteiger partial charge in [0.1, 0.15) is 0 Å². The first-order valence-electron chi connectivity index (χ1n) is 20.1. The Morgan fingerprint density at radius 2 is 0.831 bits per heavy atom. The van der Waals surface area contributed by atoms with Crippen LogP contribution < -0.4 is 0 Å². The molecule has 0 bridgehead atoms. The molecule has 0 saturated carbocycles. The van der Waals surface area contributed by atoms with Gasteiger partial charge in [-0.2, -0.15) is 0 Å². The maximum Gasteiger partial charge on any atom is 0.0863 e. The second kappa shape index (κ2) is 18.2. The average molecular weight is 779 g/mol. The van der Waals surface area contributed by atoms with E-state index < -0.39 is 0 Å². The number of hydrogen-bond donors (Lipinski definition) is 1. The van der Waals surface area contributed by atoms with E-state index in [4.69, 9.17) is 4.99 Å². The topological polar surface area (TPSA) is 36.2 Å². The Morgan fingerprint density at radius 3 is 1.37 bits per heavy atom. The first kappa shape index (κ1) is 39.0. The van der Waals surface area contributed by atoms with Crippen LogP contribution >= 0.6 is 11.8 Å². The molecule has 8 rings (SSSR count). The second-order valence-corrected chi connectivity index (χ2v) is 15.4. The van der Waals surface area contributed by atoms with Crippen LogP contribution in [0.25, 0.3) is 61.3 Å². The molecule has 0 saturated heterocycles. The van der Waals surface area contributed by atoms with Crippen molar-refractivity contribution >= 4 is 28.9 Å². The van der Waals surface area contributed by atoms with Crippen LogP contribution in [-0.4, -0.2) is 17.7 Å². The van der Waals surface area contributed by atoms with Gasteiger partial charge in [-0.05, 0) is 105 Å². The first-order chi connectivity index (χ1) is 29.0. The van der Waals surface area contributed by atoms with E-state index in [9.17, 15) is 5.41 Å². The molecule has 8 aromatic carbocycles. The zero-order valence-electron chi connectivity index (χ0n) is 33.7. The summed E-state index contributed by atoms with van der Waals surface area (Å²) in [6.07, 6.45) is 2.90. The number of hydrogen-bond acceptors (Lipinski definition) is 3. The minimum atomic E-state index is 0.487. The van der Waals surface area contributed by atoms with Gasteiger partial charge in [0, 0.05) is 16.8 Å². The van der Waals surface area contributed by atoms with Crippen molar-refractivity contribution in [3.63, 3.8) is 0 Å². The summed E-state index contributed by atoms with van der Waals surface area (Å²) in [6.45, 7) is 4.23. The van der Waals surface area contributed by atoms with Crippen molar-refractivity contribution in [3.8, 4) is 55.6 Å². The lowest BCUT2D eigenvalue weighted by molar-refractivity contribution is 1.13. The highest BCUT2D eigenvalue weighted by Gasteiger charge is 2.19. The maximum atomic E-state index is 9.63. The molecular weight excluding hydrogens is 733 g/mol. The SMILES string of the molecule is CCc1ccccc1C(=N)/C(SC)=C(\N=C(C)c1cccc(-c2cccc(-c3ccc(-c4ccccc4)cc3)c2)c1)c1cccc(-c2ccc(-c3ccccc3)cc2)c1. The van der Waals surface area contributed by atoms with Crippen molar-refractivity contribution in [1.29, 1.82) is 5.41 Å². The van der Waals surface area contributed by atoms with E-state index >= 15 is 0 Å². The molecule has 0 aromatic heterocycles. The molecule has 8 aromatic rings. The largest absolute Gasteiger partial charge is 0.299 e. The average Bonchev–Trinajstić information content (AvgIpc) is 3.32. The fourth-order valence-electron chi connectivity index (χ4n) is 7.61. The van der Waals surface area contributed by atoms with E-state index in [0.717, 1.165) is 67.2 Å². The third-order valence-corrected chi connectivity index (χ3v) is 11.7. The van der Waals surface area contributed by atoms with Gasteiger partial charge in [-0.1, -0.05) is 195 Å². The van der Waals surface area contributed by atoms with Gasteiger partial charge in [0.05, 0.1) is 16.3 Å². The fourth-order valence-corrected chi connectivity index (χ4v) is 8.28. The standard InChI is InChI=1S/C56H46N2S/c1-4-40-16-11-12-27-53(40)54(57)56(59-3)55(52-26-15-23-49(38-52)46-34-30-44(31-35-46)42-19-9-6-10-20-42)58-39(2)47-21-13-24-50(36-47)51-25-14-22-48(37-51)45-32-28-43(29-33-45)41-17-7-5-8-18-41/h5-38,57H,4H2,1-3H3/b56-55+,57-54?,58-39?. The van der Waals surface area contributed by atoms with Crippen LogP contribution in [0.3, 0.4) is 0 Å². The number of aryl methyl sites for hydroxylation is 1. The van der Waals surface area contributed by atoms with Crippen LogP contribution in [0.1, 0.15) is 36.1 Å². The van der Waals surface area contributed by atoms with Gasteiger partial charge in [0.15, 0.2) is 0 Å². The minimum Gasteiger partial charge on any atom is -0.299 e. The second-order valence-electron chi connectivity index (χ2n) is 14.6. The van der Waals surface area contributed by atoms with E-state index in [2.05, 4.69) is 214 Å². The van der Waals surface area contributed by atoms with E-state index in [1.165, 1.54) is 33.4 Å². The van der Waals surface area contributed by atoms with Crippen LogP contribution in [0.4, 0.5) is 0 Å². The van der Waals surface area contributed by atoms with Gasteiger partial charge < -0.3 is 0 Å². The van der Waals surface area contributed by atoms with Crippen LogP contribution in [0.2, 0.25) is 0 Å². The van der Waals surface area contributed by atoms with Gasteiger partial charge in [-0.25, -0.2) is 0 Å². The van der Waals surface area contributed by atoms with Gasteiger partial charge in [-0.15, -0.1) is 11.8 Å². The lowest BCUT2D eigenvalue weighted by atomic mass is 9.95. The van der Waals surface area contributed by atoms with Crippen LogP contribution in [-0.2, 0) is 6.42 Å². The normalized spacial score (nSPS) is 11.9.